The topological polar surface area (TPSA) is 79.9 Å². The van der Waals surface area contributed by atoms with Crippen LogP contribution in [0.3, 0.4) is 0 Å². The Hall–Kier alpha value is -4.69. The minimum Gasteiger partial charge on any atom is -0.490 e. The number of nitrogens with zero attached hydrogens (tertiary/aromatic N) is 1. The number of carbonyl (C=O) groups excluding carboxylic acids is 2. The Morgan fingerprint density at radius 1 is 0.711 bits per heavy atom. The first-order valence-electron chi connectivity index (χ1n) is 12.0. The third-order valence-corrected chi connectivity index (χ3v) is 5.75. The summed E-state index contributed by atoms with van der Waals surface area (Å²) >= 11 is 5.28. The molecule has 4 aromatic rings. The predicted molar refractivity (Wildman–Crippen MR) is 153 cm³/mol. The second-order valence-corrected chi connectivity index (χ2v) is 8.63. The monoisotopic (exact) mass is 525 g/mol. The predicted octanol–water partition coefficient (Wildman–Crippen LogP) is 5.55. The first-order valence-corrected chi connectivity index (χ1v) is 12.4. The Balaban J connectivity index is 1.22. The average molecular weight is 526 g/mol. The maximum Gasteiger partial charge on any atom is 0.258 e. The van der Waals surface area contributed by atoms with Gasteiger partial charge in [-0.3, -0.25) is 14.9 Å². The third-order valence-electron chi connectivity index (χ3n) is 5.55. The van der Waals surface area contributed by atoms with Gasteiger partial charge in [-0.15, -0.1) is 0 Å². The molecule has 0 atom stereocenters. The zero-order valence-electron chi connectivity index (χ0n) is 20.8. The molecule has 0 spiro atoms. The van der Waals surface area contributed by atoms with Gasteiger partial charge in [0.2, 0.25) is 0 Å². The van der Waals surface area contributed by atoms with Crippen molar-refractivity contribution in [3.05, 3.63) is 120 Å². The molecule has 0 heterocycles. The second-order valence-electron chi connectivity index (χ2n) is 8.22. The Morgan fingerprint density at radius 3 is 1.84 bits per heavy atom. The number of hydrogen-bond donors (Lipinski definition) is 2. The highest BCUT2D eigenvalue weighted by molar-refractivity contribution is 7.80. The van der Waals surface area contributed by atoms with Gasteiger partial charge in [-0.2, -0.15) is 0 Å². The number of para-hydroxylation sites is 2. The van der Waals surface area contributed by atoms with Gasteiger partial charge < -0.3 is 19.7 Å². The zero-order valence-corrected chi connectivity index (χ0v) is 21.6. The van der Waals surface area contributed by atoms with Crippen molar-refractivity contribution in [2.24, 2.45) is 0 Å². The van der Waals surface area contributed by atoms with E-state index in [1.165, 1.54) is 0 Å². The van der Waals surface area contributed by atoms with E-state index in [9.17, 15) is 9.59 Å². The van der Waals surface area contributed by atoms with Crippen LogP contribution in [0.4, 0.5) is 11.4 Å². The molecule has 0 aliphatic heterocycles. The second kappa shape index (κ2) is 13.0. The molecule has 4 aromatic carbocycles. The van der Waals surface area contributed by atoms with Crippen LogP contribution in [0.25, 0.3) is 0 Å². The van der Waals surface area contributed by atoms with Gasteiger partial charge in [-0.25, -0.2) is 0 Å². The van der Waals surface area contributed by atoms with Gasteiger partial charge in [0.05, 0.1) is 0 Å². The molecule has 0 aromatic heterocycles. The summed E-state index contributed by atoms with van der Waals surface area (Å²) in [7, 11) is 1.73. The highest BCUT2D eigenvalue weighted by Gasteiger charge is 2.14. The van der Waals surface area contributed by atoms with Crippen LogP contribution < -0.4 is 25.0 Å². The van der Waals surface area contributed by atoms with Gasteiger partial charge in [0.1, 0.15) is 24.7 Å². The fraction of sp³-hybridized carbons (Fsp3) is 0.100. The van der Waals surface area contributed by atoms with Crippen molar-refractivity contribution >= 4 is 40.5 Å². The molecule has 0 radical (unpaired) electrons. The van der Waals surface area contributed by atoms with Crippen LogP contribution in [0.2, 0.25) is 0 Å². The molecule has 0 aliphatic carbocycles. The molecule has 192 valence electrons. The van der Waals surface area contributed by atoms with Crippen LogP contribution in [0, 0.1) is 0 Å². The molecule has 0 saturated carbocycles. The van der Waals surface area contributed by atoms with Gasteiger partial charge in [0.15, 0.2) is 5.11 Å². The number of ether oxygens (including phenoxy) is 2. The van der Waals surface area contributed by atoms with E-state index in [4.69, 9.17) is 21.7 Å². The Morgan fingerprint density at radius 2 is 1.24 bits per heavy atom. The largest absolute Gasteiger partial charge is 0.490 e. The van der Waals surface area contributed by atoms with E-state index in [1.807, 2.05) is 60.7 Å². The smallest absolute Gasteiger partial charge is 0.258 e. The van der Waals surface area contributed by atoms with Crippen LogP contribution in [0.1, 0.15) is 20.7 Å². The van der Waals surface area contributed by atoms with E-state index in [2.05, 4.69) is 10.6 Å². The maximum absolute atomic E-state index is 12.7. The molecular weight excluding hydrogens is 498 g/mol. The van der Waals surface area contributed by atoms with Crippen molar-refractivity contribution < 1.29 is 19.1 Å². The third kappa shape index (κ3) is 7.41. The molecule has 8 heteroatoms. The molecule has 0 unspecified atom stereocenters. The quantitative estimate of drug-likeness (QED) is 0.220. The SMILES string of the molecule is CN(C(=O)c1ccc(NC(=S)NC(=O)c2ccc(OCCOc3ccccc3)cc2)cc1)c1ccccc1. The minimum absolute atomic E-state index is 0.130. The number of hydrogen-bond acceptors (Lipinski definition) is 5. The lowest BCUT2D eigenvalue weighted by Crippen LogP contribution is -2.34. The van der Waals surface area contributed by atoms with Crippen LogP contribution in [-0.2, 0) is 0 Å². The number of rotatable bonds is 9. The lowest BCUT2D eigenvalue weighted by Gasteiger charge is -2.17. The number of amides is 2. The average Bonchev–Trinajstić information content (AvgIpc) is 2.96. The van der Waals surface area contributed by atoms with E-state index in [0.717, 1.165) is 11.4 Å². The van der Waals surface area contributed by atoms with E-state index in [-0.39, 0.29) is 16.9 Å². The standard InChI is InChI=1S/C30H27N3O4S/c1-33(25-8-4-2-5-9-25)29(35)23-12-16-24(17-13-23)31-30(38)32-28(34)22-14-18-27(19-15-22)37-21-20-36-26-10-6-3-7-11-26/h2-19H,20-21H2,1H3,(H2,31,32,34,38). The summed E-state index contributed by atoms with van der Waals surface area (Å²) in [5, 5.41) is 5.77. The summed E-state index contributed by atoms with van der Waals surface area (Å²) in [6, 6.07) is 32.6. The summed E-state index contributed by atoms with van der Waals surface area (Å²) in [4.78, 5) is 26.9. The molecule has 2 amide bonds. The van der Waals surface area contributed by atoms with Crippen LogP contribution in [0.15, 0.2) is 109 Å². The lowest BCUT2D eigenvalue weighted by molar-refractivity contribution is 0.0974. The summed E-state index contributed by atoms with van der Waals surface area (Å²) in [6.07, 6.45) is 0. The van der Waals surface area contributed by atoms with Gasteiger partial charge in [0.25, 0.3) is 11.8 Å². The fourth-order valence-corrected chi connectivity index (χ4v) is 3.75. The normalized spacial score (nSPS) is 10.2. The first-order chi connectivity index (χ1) is 18.5. The summed E-state index contributed by atoms with van der Waals surface area (Å²) in [6.45, 7) is 0.784. The molecule has 2 N–H and O–H groups in total. The Labute approximate surface area is 227 Å². The molecule has 0 bridgehead atoms. The zero-order chi connectivity index (χ0) is 26.7. The number of carbonyl (C=O) groups is 2. The molecule has 0 fully saturated rings. The Kier molecular flexibility index (Phi) is 9.04. The van der Waals surface area contributed by atoms with Crippen molar-refractivity contribution in [2.45, 2.75) is 0 Å². The van der Waals surface area contributed by atoms with Crippen LogP contribution in [-0.4, -0.2) is 37.2 Å². The molecule has 0 aliphatic rings. The maximum atomic E-state index is 12.7. The van der Waals surface area contributed by atoms with E-state index in [0.29, 0.717) is 35.8 Å². The van der Waals surface area contributed by atoms with Crippen LogP contribution >= 0.6 is 12.2 Å². The van der Waals surface area contributed by atoms with Crippen molar-refractivity contribution in [1.29, 1.82) is 0 Å². The van der Waals surface area contributed by atoms with Crippen molar-refractivity contribution in [2.75, 3.05) is 30.5 Å². The summed E-state index contributed by atoms with van der Waals surface area (Å²) in [5.41, 5.74) is 2.42. The fourth-order valence-electron chi connectivity index (χ4n) is 3.53. The molecule has 38 heavy (non-hydrogen) atoms. The molecule has 0 saturated heterocycles. The van der Waals surface area contributed by atoms with Gasteiger partial charge >= 0.3 is 0 Å². The lowest BCUT2D eigenvalue weighted by atomic mass is 10.1. The highest BCUT2D eigenvalue weighted by atomic mass is 32.1. The summed E-state index contributed by atoms with van der Waals surface area (Å²) in [5.74, 6) is 0.937. The number of anilines is 2. The Bertz CT molecular complexity index is 1360. The number of thiocarbonyl (C=S) groups is 1. The van der Waals surface area contributed by atoms with Gasteiger partial charge in [-0.05, 0) is 85.0 Å². The molecule has 4 rings (SSSR count). The summed E-state index contributed by atoms with van der Waals surface area (Å²) < 4.78 is 11.3. The first kappa shape index (κ1) is 26.4. The molecular formula is C30H27N3O4S. The number of benzene rings is 4. The minimum atomic E-state index is -0.349. The van der Waals surface area contributed by atoms with E-state index >= 15 is 0 Å². The van der Waals surface area contributed by atoms with Gasteiger partial charge in [-0.1, -0.05) is 36.4 Å². The van der Waals surface area contributed by atoms with Crippen molar-refractivity contribution in [3.8, 4) is 11.5 Å². The van der Waals surface area contributed by atoms with Crippen LogP contribution in [0.5, 0.6) is 11.5 Å². The van der Waals surface area contributed by atoms with E-state index in [1.54, 1.807) is 60.5 Å². The number of nitrogens with one attached hydrogen (secondary N) is 2. The highest BCUT2D eigenvalue weighted by Crippen LogP contribution is 2.17. The van der Waals surface area contributed by atoms with Gasteiger partial charge in [0, 0.05) is 29.5 Å². The molecule has 7 nitrogen and oxygen atoms in total. The van der Waals surface area contributed by atoms with E-state index < -0.39 is 0 Å². The van der Waals surface area contributed by atoms with Crippen molar-refractivity contribution in [1.82, 2.24) is 5.32 Å². The van der Waals surface area contributed by atoms with Crippen molar-refractivity contribution in [3.63, 3.8) is 0 Å².